The number of rotatable bonds is 3. The molecule has 1 atom stereocenters. The Morgan fingerprint density at radius 1 is 1.14 bits per heavy atom. The molecule has 6 nitrogen and oxygen atoms in total. The number of imidazole rings is 1. The first-order valence-corrected chi connectivity index (χ1v) is 7.61. The molecule has 0 saturated heterocycles. The van der Waals surface area contributed by atoms with Crippen LogP contribution in [0.3, 0.4) is 0 Å². The molecule has 0 aliphatic rings. The first-order valence-electron chi connectivity index (χ1n) is 6.50. The number of fused-ring (bicyclic) bond motifs is 1. The van der Waals surface area contributed by atoms with Crippen LogP contribution in [0.5, 0.6) is 0 Å². The van der Waals surface area contributed by atoms with Gasteiger partial charge < -0.3 is 4.74 Å². The molecule has 0 aliphatic carbocycles. The average molecular weight is 315 g/mol. The third-order valence-electron chi connectivity index (χ3n) is 3.03. The minimum atomic E-state index is -1.54. The Balaban J connectivity index is 2.15. The van der Waals surface area contributed by atoms with Crippen molar-refractivity contribution < 1.29 is 13.7 Å². The maximum Gasteiger partial charge on any atom is 0.413 e. The van der Waals surface area contributed by atoms with Crippen LogP contribution in [0.25, 0.3) is 11.0 Å². The quantitative estimate of drug-likeness (QED) is 0.806. The fraction of sp³-hybridized carbons (Fsp3) is 0.0667. The Kier molecular flexibility index (Phi) is 3.88. The Morgan fingerprint density at radius 3 is 2.55 bits per heavy atom. The van der Waals surface area contributed by atoms with Crippen LogP contribution in [-0.2, 0) is 15.7 Å². The predicted molar refractivity (Wildman–Crippen MR) is 84.0 cm³/mol. The number of anilines is 1. The summed E-state index contributed by atoms with van der Waals surface area (Å²) in [4.78, 5) is 16.4. The van der Waals surface area contributed by atoms with Gasteiger partial charge in [0.05, 0.1) is 23.0 Å². The topological polar surface area (TPSA) is 73.2 Å². The molecule has 0 aliphatic heterocycles. The van der Waals surface area contributed by atoms with Crippen LogP contribution in [-0.4, -0.2) is 26.4 Å². The second-order valence-corrected chi connectivity index (χ2v) is 5.73. The molecule has 3 rings (SSSR count). The summed E-state index contributed by atoms with van der Waals surface area (Å²) >= 11 is 0. The zero-order valence-corrected chi connectivity index (χ0v) is 12.5. The molecule has 1 amide bonds. The molecule has 0 spiro atoms. The largest absolute Gasteiger partial charge is 0.453 e. The molecule has 112 valence electrons. The molecular weight excluding hydrogens is 302 g/mol. The zero-order chi connectivity index (χ0) is 15.5. The molecule has 0 saturated carbocycles. The molecule has 1 N–H and O–H groups in total. The van der Waals surface area contributed by atoms with Crippen LogP contribution in [0.4, 0.5) is 10.7 Å². The minimum absolute atomic E-state index is 0.176. The number of nitrogens with one attached hydrogen (secondary N) is 1. The van der Waals surface area contributed by atoms with Crippen molar-refractivity contribution in [3.05, 3.63) is 54.6 Å². The van der Waals surface area contributed by atoms with Gasteiger partial charge in [-0.25, -0.2) is 18.0 Å². The van der Waals surface area contributed by atoms with E-state index in [1.165, 1.54) is 11.1 Å². The van der Waals surface area contributed by atoms with Gasteiger partial charge >= 0.3 is 6.09 Å². The second-order valence-electron chi connectivity index (χ2n) is 4.40. The summed E-state index contributed by atoms with van der Waals surface area (Å²) in [5, 5.41) is 2.50. The monoisotopic (exact) mass is 315 g/mol. The van der Waals surface area contributed by atoms with E-state index in [1.807, 2.05) is 18.2 Å². The fourth-order valence-electron chi connectivity index (χ4n) is 2.04. The van der Waals surface area contributed by atoms with Crippen LogP contribution in [0.15, 0.2) is 59.5 Å². The molecule has 1 aromatic heterocycles. The summed E-state index contributed by atoms with van der Waals surface area (Å²) in [5.41, 5.74) is 1.30. The lowest BCUT2D eigenvalue weighted by atomic mass is 10.3. The van der Waals surface area contributed by atoms with Crippen LogP contribution in [0.2, 0.25) is 0 Å². The van der Waals surface area contributed by atoms with E-state index < -0.39 is 17.1 Å². The van der Waals surface area contributed by atoms with Gasteiger partial charge in [0.15, 0.2) is 11.0 Å². The number of hydrogen-bond donors (Lipinski definition) is 1. The van der Waals surface area contributed by atoms with Crippen LogP contribution in [0, 0.1) is 0 Å². The van der Waals surface area contributed by atoms with E-state index in [0.29, 0.717) is 15.9 Å². The number of benzene rings is 2. The number of hydrogen-bond acceptors (Lipinski definition) is 4. The summed E-state index contributed by atoms with van der Waals surface area (Å²) < 4.78 is 18.9. The van der Waals surface area contributed by atoms with Crippen LogP contribution in [0.1, 0.15) is 0 Å². The Hall–Kier alpha value is -2.67. The van der Waals surface area contributed by atoms with Gasteiger partial charge in [0.1, 0.15) is 0 Å². The number of para-hydroxylation sites is 2. The molecule has 1 heterocycles. The highest BCUT2D eigenvalue weighted by molar-refractivity contribution is 7.83. The van der Waals surface area contributed by atoms with E-state index in [-0.39, 0.29) is 5.95 Å². The number of carbonyl (C=O) groups excluding carboxylic acids is 1. The van der Waals surface area contributed by atoms with Gasteiger partial charge in [0.25, 0.3) is 0 Å². The number of nitrogens with zero attached hydrogens (tertiary/aromatic N) is 2. The lowest BCUT2D eigenvalue weighted by Gasteiger charge is -2.08. The smallest absolute Gasteiger partial charge is 0.413 e. The van der Waals surface area contributed by atoms with Gasteiger partial charge in [0.2, 0.25) is 5.95 Å². The maximum absolute atomic E-state index is 12.9. The summed E-state index contributed by atoms with van der Waals surface area (Å²) in [6.45, 7) is 0. The highest BCUT2D eigenvalue weighted by Crippen LogP contribution is 2.23. The van der Waals surface area contributed by atoms with Crippen molar-refractivity contribution in [1.29, 1.82) is 0 Å². The van der Waals surface area contributed by atoms with Crippen molar-refractivity contribution in [2.24, 2.45) is 0 Å². The molecule has 0 radical (unpaired) electrons. The zero-order valence-electron chi connectivity index (χ0n) is 11.7. The fourth-order valence-corrected chi connectivity index (χ4v) is 3.21. The van der Waals surface area contributed by atoms with Crippen molar-refractivity contribution in [1.82, 2.24) is 8.96 Å². The van der Waals surface area contributed by atoms with Gasteiger partial charge in [-0.1, -0.05) is 30.3 Å². The molecule has 7 heteroatoms. The number of methoxy groups -OCH3 is 1. The summed E-state index contributed by atoms with van der Waals surface area (Å²) in [6.07, 6.45) is -0.665. The Labute approximate surface area is 129 Å². The van der Waals surface area contributed by atoms with Gasteiger partial charge in [-0.2, -0.15) is 0 Å². The van der Waals surface area contributed by atoms with E-state index in [0.717, 1.165) is 0 Å². The lowest BCUT2D eigenvalue weighted by Crippen LogP contribution is -2.17. The van der Waals surface area contributed by atoms with Gasteiger partial charge in [-0.15, -0.1) is 0 Å². The van der Waals surface area contributed by atoms with Gasteiger partial charge in [-0.05, 0) is 24.3 Å². The lowest BCUT2D eigenvalue weighted by molar-refractivity contribution is 0.186. The van der Waals surface area contributed by atoms with Gasteiger partial charge in [-0.3, -0.25) is 5.32 Å². The van der Waals surface area contributed by atoms with Crippen molar-refractivity contribution in [2.45, 2.75) is 4.90 Å². The van der Waals surface area contributed by atoms with Crippen molar-refractivity contribution in [3.63, 3.8) is 0 Å². The third-order valence-corrected chi connectivity index (χ3v) is 4.41. The number of ether oxygens (including phenoxy) is 1. The normalized spacial score (nSPS) is 12.0. The molecule has 22 heavy (non-hydrogen) atoms. The highest BCUT2D eigenvalue weighted by Gasteiger charge is 2.18. The molecule has 1 unspecified atom stereocenters. The molecule has 3 aromatic rings. The van der Waals surface area contributed by atoms with Crippen LogP contribution >= 0.6 is 0 Å². The number of amides is 1. The van der Waals surface area contributed by atoms with E-state index in [9.17, 15) is 9.00 Å². The first-order chi connectivity index (χ1) is 10.7. The van der Waals surface area contributed by atoms with Crippen LogP contribution < -0.4 is 5.32 Å². The van der Waals surface area contributed by atoms with Gasteiger partial charge in [0, 0.05) is 0 Å². The summed E-state index contributed by atoms with van der Waals surface area (Å²) in [7, 11) is -0.276. The number of carbonyl (C=O) groups is 1. The maximum atomic E-state index is 12.9. The molecule has 2 aromatic carbocycles. The number of aromatic nitrogens is 2. The van der Waals surface area contributed by atoms with Crippen molar-refractivity contribution >= 4 is 34.1 Å². The summed E-state index contributed by atoms with van der Waals surface area (Å²) in [5.74, 6) is 0.176. The third kappa shape index (κ3) is 2.58. The highest BCUT2D eigenvalue weighted by atomic mass is 32.2. The first kappa shape index (κ1) is 14.3. The van der Waals surface area contributed by atoms with E-state index in [1.54, 1.807) is 36.4 Å². The Morgan fingerprint density at radius 2 is 1.82 bits per heavy atom. The molecule has 0 fully saturated rings. The van der Waals surface area contributed by atoms with E-state index >= 15 is 0 Å². The minimum Gasteiger partial charge on any atom is -0.453 e. The van der Waals surface area contributed by atoms with Crippen molar-refractivity contribution in [2.75, 3.05) is 12.4 Å². The summed E-state index contributed by atoms with van der Waals surface area (Å²) in [6, 6.07) is 16.2. The van der Waals surface area contributed by atoms with E-state index in [4.69, 9.17) is 0 Å². The van der Waals surface area contributed by atoms with E-state index in [2.05, 4.69) is 15.0 Å². The second kappa shape index (κ2) is 5.98. The average Bonchev–Trinajstić information content (AvgIpc) is 2.92. The molecular formula is C15H13N3O3S. The Bertz CT molecular complexity index is 846. The predicted octanol–water partition coefficient (Wildman–Crippen LogP) is 2.79. The standard InChI is InChI=1S/C15H13N3O3S/c1-21-15(19)17-14-16-12-9-5-6-10-13(12)18(14)22(20)11-7-3-2-4-8-11/h2-10H,1H3,(H,16,17,19). The molecule has 0 bridgehead atoms. The SMILES string of the molecule is COC(=O)Nc1nc2ccccc2n1S(=O)c1ccccc1. The van der Waals surface area contributed by atoms with Crippen molar-refractivity contribution in [3.8, 4) is 0 Å².